The van der Waals surface area contributed by atoms with Crippen molar-refractivity contribution in [1.82, 2.24) is 20.2 Å². The smallest absolute Gasteiger partial charge is 0.215 e. The molecule has 7 heteroatoms. The van der Waals surface area contributed by atoms with E-state index in [1.807, 2.05) is 6.26 Å². The van der Waals surface area contributed by atoms with E-state index in [-0.39, 0.29) is 11.2 Å². The molecule has 0 spiro atoms. The third kappa shape index (κ3) is 2.72. The van der Waals surface area contributed by atoms with Crippen LogP contribution in [0.5, 0.6) is 0 Å². The zero-order valence-electron chi connectivity index (χ0n) is 13.3. The molecule has 1 aliphatic carbocycles. The molecule has 22 heavy (non-hydrogen) atoms. The van der Waals surface area contributed by atoms with Crippen molar-refractivity contribution >= 4 is 28.9 Å². The maximum Gasteiger partial charge on any atom is 0.215 e. The van der Waals surface area contributed by atoms with Crippen molar-refractivity contribution in [3.63, 3.8) is 0 Å². The summed E-state index contributed by atoms with van der Waals surface area (Å²) < 4.78 is 1.08. The van der Waals surface area contributed by atoms with Crippen LogP contribution in [0, 0.1) is 5.41 Å². The molecule has 0 aliphatic heterocycles. The lowest BCUT2D eigenvalue weighted by atomic mass is 9.74. The number of aromatic nitrogens is 4. The number of ketones is 1. The normalized spacial score (nSPS) is 16.8. The van der Waals surface area contributed by atoms with E-state index in [1.165, 1.54) is 0 Å². The highest BCUT2D eigenvalue weighted by Crippen LogP contribution is 2.47. The van der Waals surface area contributed by atoms with E-state index in [2.05, 4.69) is 36.2 Å². The molecule has 0 amide bonds. The van der Waals surface area contributed by atoms with E-state index in [4.69, 9.17) is 0 Å². The Morgan fingerprint density at radius 1 is 1.36 bits per heavy atom. The molecule has 0 N–H and O–H groups in total. The molecule has 0 saturated carbocycles. The Morgan fingerprint density at radius 3 is 2.82 bits per heavy atom. The number of hydrogen-bond donors (Lipinski definition) is 0. The topological polar surface area (TPSA) is 60.7 Å². The molecule has 1 aliphatic rings. The number of thiophene rings is 1. The largest absolute Gasteiger partial charge is 0.294 e. The van der Waals surface area contributed by atoms with E-state index in [1.54, 1.807) is 27.9 Å². The standard InChI is InChI=1S/C15H20N4OS2/c1-5-6-19-17-13(16-18-19)12-9-7-15(2,3)8-10(20)11(9)14(21-4)22-12/h5-8H2,1-4H3. The fraction of sp³-hybridized carbons (Fsp3) is 0.600. The molecule has 0 saturated heterocycles. The lowest BCUT2D eigenvalue weighted by molar-refractivity contribution is 0.0910. The first-order chi connectivity index (χ1) is 10.4. The molecule has 0 bridgehead atoms. The van der Waals surface area contributed by atoms with Gasteiger partial charge < -0.3 is 0 Å². The number of thioether (sulfide) groups is 1. The predicted octanol–water partition coefficient (Wildman–Crippen LogP) is 3.69. The Kier molecular flexibility index (Phi) is 4.11. The van der Waals surface area contributed by atoms with E-state index in [9.17, 15) is 4.79 Å². The molecule has 0 unspecified atom stereocenters. The minimum Gasteiger partial charge on any atom is -0.294 e. The highest BCUT2D eigenvalue weighted by atomic mass is 32.2. The Balaban J connectivity index is 2.10. The summed E-state index contributed by atoms with van der Waals surface area (Å²) in [6, 6.07) is 0. The molecule has 118 valence electrons. The number of carbonyl (C=O) groups excluding carboxylic acids is 1. The third-order valence-corrected chi connectivity index (χ3v) is 6.16. The summed E-state index contributed by atoms with van der Waals surface area (Å²) in [5.41, 5.74) is 2.01. The quantitative estimate of drug-likeness (QED) is 0.797. The SMILES string of the molecule is CCCn1nnc(-c2sc(SC)c3c2CC(C)(C)CC3=O)n1. The van der Waals surface area contributed by atoms with E-state index >= 15 is 0 Å². The third-order valence-electron chi connectivity index (χ3n) is 3.81. The zero-order valence-corrected chi connectivity index (χ0v) is 15.0. The van der Waals surface area contributed by atoms with Crippen molar-refractivity contribution in [1.29, 1.82) is 0 Å². The van der Waals surface area contributed by atoms with Crippen LogP contribution < -0.4 is 0 Å². The van der Waals surface area contributed by atoms with E-state index in [0.717, 1.165) is 39.6 Å². The van der Waals surface area contributed by atoms with Crippen molar-refractivity contribution in [3.05, 3.63) is 11.1 Å². The Bertz CT molecular complexity index is 717. The molecule has 0 aromatic carbocycles. The zero-order chi connectivity index (χ0) is 15.9. The van der Waals surface area contributed by atoms with Crippen LogP contribution in [0.2, 0.25) is 0 Å². The van der Waals surface area contributed by atoms with E-state index < -0.39 is 0 Å². The van der Waals surface area contributed by atoms with Crippen molar-refractivity contribution in [2.45, 2.75) is 50.8 Å². The molecule has 2 aromatic heterocycles. The molecular formula is C15H20N4OS2. The second-order valence-electron chi connectivity index (χ2n) is 6.43. The minimum atomic E-state index is -0.00496. The summed E-state index contributed by atoms with van der Waals surface area (Å²) >= 11 is 3.26. The van der Waals surface area contributed by atoms with Crippen LogP contribution in [0.3, 0.4) is 0 Å². The summed E-state index contributed by atoms with van der Waals surface area (Å²) in [5, 5.41) is 12.8. The second kappa shape index (κ2) is 5.77. The van der Waals surface area contributed by atoms with Gasteiger partial charge in [0.1, 0.15) is 0 Å². The van der Waals surface area contributed by atoms with Gasteiger partial charge in [-0.05, 0) is 35.3 Å². The van der Waals surface area contributed by atoms with Gasteiger partial charge in [-0.15, -0.1) is 33.3 Å². The van der Waals surface area contributed by atoms with Gasteiger partial charge in [0.2, 0.25) is 5.82 Å². The lowest BCUT2D eigenvalue weighted by Crippen LogP contribution is -2.26. The number of Topliss-reactive ketones (excluding diaryl/α,β-unsaturated/α-hetero) is 1. The number of rotatable bonds is 4. The molecule has 5 nitrogen and oxygen atoms in total. The number of carbonyl (C=O) groups is 1. The number of tetrazole rings is 1. The summed E-state index contributed by atoms with van der Waals surface area (Å²) in [6.07, 6.45) is 4.49. The molecule has 0 atom stereocenters. The Hall–Kier alpha value is -1.21. The average molecular weight is 336 g/mol. The Labute approximate surface area is 138 Å². The minimum absolute atomic E-state index is 0.00496. The molecule has 3 rings (SSSR count). The Morgan fingerprint density at radius 2 is 2.14 bits per heavy atom. The van der Waals surface area contributed by atoms with Gasteiger partial charge in [-0.3, -0.25) is 4.79 Å². The van der Waals surface area contributed by atoms with Gasteiger partial charge in [-0.25, -0.2) is 0 Å². The molecule has 0 radical (unpaired) electrons. The number of aryl methyl sites for hydroxylation is 1. The van der Waals surface area contributed by atoms with Crippen LogP contribution >= 0.6 is 23.1 Å². The van der Waals surface area contributed by atoms with Crippen LogP contribution in [0.1, 0.15) is 49.5 Å². The van der Waals surface area contributed by atoms with E-state index in [0.29, 0.717) is 12.2 Å². The van der Waals surface area contributed by atoms with Crippen LogP contribution in [0.15, 0.2) is 4.21 Å². The lowest BCUT2D eigenvalue weighted by Gasteiger charge is -2.29. The van der Waals surface area contributed by atoms with Gasteiger partial charge >= 0.3 is 0 Å². The van der Waals surface area contributed by atoms with Crippen molar-refractivity contribution in [3.8, 4) is 10.7 Å². The van der Waals surface area contributed by atoms with Crippen LogP contribution in [0.25, 0.3) is 10.7 Å². The van der Waals surface area contributed by atoms with Crippen molar-refractivity contribution < 1.29 is 4.79 Å². The fourth-order valence-electron chi connectivity index (χ4n) is 2.91. The molecule has 0 fully saturated rings. The predicted molar refractivity (Wildman–Crippen MR) is 89.6 cm³/mol. The molecular weight excluding hydrogens is 316 g/mol. The van der Waals surface area contributed by atoms with Gasteiger partial charge in [0.15, 0.2) is 5.78 Å². The van der Waals surface area contributed by atoms with Gasteiger partial charge in [-0.1, -0.05) is 20.8 Å². The fourth-order valence-corrected chi connectivity index (χ4v) is 4.93. The van der Waals surface area contributed by atoms with Gasteiger partial charge in [-0.2, -0.15) is 4.80 Å². The van der Waals surface area contributed by atoms with Crippen LogP contribution in [-0.4, -0.2) is 32.2 Å². The van der Waals surface area contributed by atoms with Crippen molar-refractivity contribution in [2.75, 3.05) is 6.26 Å². The first-order valence-electron chi connectivity index (χ1n) is 7.46. The van der Waals surface area contributed by atoms with Gasteiger partial charge in [0.25, 0.3) is 0 Å². The monoisotopic (exact) mass is 336 g/mol. The van der Waals surface area contributed by atoms with Gasteiger partial charge in [0.05, 0.1) is 15.6 Å². The van der Waals surface area contributed by atoms with Crippen LogP contribution in [0.4, 0.5) is 0 Å². The number of fused-ring (bicyclic) bond motifs is 1. The van der Waals surface area contributed by atoms with Crippen LogP contribution in [-0.2, 0) is 13.0 Å². The highest BCUT2D eigenvalue weighted by molar-refractivity contribution is 8.00. The number of nitrogens with zero attached hydrogens (tertiary/aromatic N) is 4. The summed E-state index contributed by atoms with van der Waals surface area (Å²) in [5.74, 6) is 0.902. The summed E-state index contributed by atoms with van der Waals surface area (Å²) in [7, 11) is 0. The molecule has 2 heterocycles. The summed E-state index contributed by atoms with van der Waals surface area (Å²) in [6.45, 7) is 7.15. The maximum atomic E-state index is 12.6. The van der Waals surface area contributed by atoms with Crippen molar-refractivity contribution in [2.24, 2.45) is 5.41 Å². The van der Waals surface area contributed by atoms with Gasteiger partial charge in [0, 0.05) is 12.0 Å². The average Bonchev–Trinajstić information content (AvgIpc) is 3.02. The maximum absolute atomic E-state index is 12.6. The summed E-state index contributed by atoms with van der Waals surface area (Å²) in [4.78, 5) is 15.2. The first kappa shape index (κ1) is 15.7. The highest BCUT2D eigenvalue weighted by Gasteiger charge is 2.36. The molecule has 2 aromatic rings. The number of hydrogen-bond acceptors (Lipinski definition) is 6. The second-order valence-corrected chi connectivity index (χ2v) is 8.52. The first-order valence-corrected chi connectivity index (χ1v) is 9.50.